The van der Waals surface area contributed by atoms with E-state index in [0.717, 1.165) is 24.8 Å². The van der Waals surface area contributed by atoms with Crippen molar-refractivity contribution in [3.63, 3.8) is 0 Å². The molecule has 4 rings (SSSR count). The molecule has 1 aromatic carbocycles. The van der Waals surface area contributed by atoms with Crippen LogP contribution in [0.5, 0.6) is 0 Å². The van der Waals surface area contributed by atoms with E-state index < -0.39 is 10.0 Å². The summed E-state index contributed by atoms with van der Waals surface area (Å²) >= 11 is 0. The van der Waals surface area contributed by atoms with Crippen LogP contribution in [-0.2, 0) is 21.4 Å². The lowest BCUT2D eigenvalue weighted by Gasteiger charge is -2.27. The average Bonchev–Trinajstić information content (AvgIpc) is 3.32. The number of hydrogen-bond acceptors (Lipinski definition) is 4. The van der Waals surface area contributed by atoms with Crippen LogP contribution in [0.15, 0.2) is 64.4 Å². The van der Waals surface area contributed by atoms with Crippen molar-refractivity contribution in [3.05, 3.63) is 70.7 Å². The number of carbonyl (C=O) groups is 1. The van der Waals surface area contributed by atoms with Crippen LogP contribution in [0.25, 0.3) is 5.57 Å². The Labute approximate surface area is 176 Å². The van der Waals surface area contributed by atoms with Crippen molar-refractivity contribution in [2.24, 2.45) is 0 Å². The summed E-state index contributed by atoms with van der Waals surface area (Å²) in [7, 11) is -3.64. The van der Waals surface area contributed by atoms with Crippen LogP contribution in [0.4, 0.5) is 0 Å². The molecule has 3 heterocycles. The molecule has 0 N–H and O–H groups in total. The van der Waals surface area contributed by atoms with Gasteiger partial charge in [-0.25, -0.2) is 8.42 Å². The minimum absolute atomic E-state index is 0.0571. The van der Waals surface area contributed by atoms with Gasteiger partial charge in [0, 0.05) is 38.4 Å². The normalized spacial score (nSPS) is 17.7. The third kappa shape index (κ3) is 4.24. The number of nitrogens with zero attached hydrogens (tertiary/aromatic N) is 3. The molecule has 30 heavy (non-hydrogen) atoms. The van der Waals surface area contributed by atoms with Gasteiger partial charge in [-0.05, 0) is 36.5 Å². The molecule has 1 amide bonds. The Morgan fingerprint density at radius 3 is 2.37 bits per heavy atom. The second-order valence-electron chi connectivity index (χ2n) is 7.63. The summed E-state index contributed by atoms with van der Waals surface area (Å²) < 4.78 is 28.2. The number of carbonyl (C=O) groups excluding carboxylic acids is 1. The Morgan fingerprint density at radius 1 is 0.967 bits per heavy atom. The SMILES string of the molecule is O=C(Cn1cc(S(=O)(=O)N2CCCC2)ccc1=O)N1CC=C(c2ccccc2)CC1. The molecular weight excluding hydrogens is 402 g/mol. The minimum atomic E-state index is -3.64. The van der Waals surface area contributed by atoms with Crippen LogP contribution in [0, 0.1) is 0 Å². The number of benzene rings is 1. The average molecular weight is 428 g/mol. The van der Waals surface area contributed by atoms with E-state index in [9.17, 15) is 18.0 Å². The highest BCUT2D eigenvalue weighted by molar-refractivity contribution is 7.89. The second-order valence-corrected chi connectivity index (χ2v) is 9.57. The van der Waals surface area contributed by atoms with Crippen molar-refractivity contribution in [1.82, 2.24) is 13.8 Å². The van der Waals surface area contributed by atoms with E-state index in [-0.39, 0.29) is 22.9 Å². The molecule has 0 spiro atoms. The Hall–Kier alpha value is -2.71. The van der Waals surface area contributed by atoms with Crippen LogP contribution in [0.3, 0.4) is 0 Å². The zero-order chi connectivity index (χ0) is 21.1. The first-order valence-corrected chi connectivity index (χ1v) is 11.6. The first-order chi connectivity index (χ1) is 14.4. The zero-order valence-electron chi connectivity index (χ0n) is 16.7. The topological polar surface area (TPSA) is 79.7 Å². The van der Waals surface area contributed by atoms with Gasteiger partial charge in [0.1, 0.15) is 6.54 Å². The Kier molecular flexibility index (Phi) is 5.87. The van der Waals surface area contributed by atoms with E-state index >= 15 is 0 Å². The summed E-state index contributed by atoms with van der Waals surface area (Å²) in [6.07, 6.45) is 5.75. The van der Waals surface area contributed by atoms with E-state index in [0.29, 0.717) is 26.2 Å². The summed E-state index contributed by atoms with van der Waals surface area (Å²) in [5.41, 5.74) is 1.97. The summed E-state index contributed by atoms with van der Waals surface area (Å²) in [6, 6.07) is 12.6. The maximum Gasteiger partial charge on any atom is 0.251 e. The lowest BCUT2D eigenvalue weighted by Crippen LogP contribution is -2.39. The molecule has 1 fully saturated rings. The van der Waals surface area contributed by atoms with Crippen molar-refractivity contribution in [3.8, 4) is 0 Å². The van der Waals surface area contributed by atoms with Crippen molar-refractivity contribution in [2.75, 3.05) is 26.2 Å². The van der Waals surface area contributed by atoms with Crippen LogP contribution >= 0.6 is 0 Å². The third-order valence-corrected chi connectivity index (χ3v) is 7.55. The highest BCUT2D eigenvalue weighted by atomic mass is 32.2. The predicted molar refractivity (Wildman–Crippen MR) is 114 cm³/mol. The summed E-state index contributed by atoms with van der Waals surface area (Å²) in [6.45, 7) is 1.86. The van der Waals surface area contributed by atoms with Crippen molar-refractivity contribution in [2.45, 2.75) is 30.7 Å². The van der Waals surface area contributed by atoms with Gasteiger partial charge >= 0.3 is 0 Å². The maximum absolute atomic E-state index is 12.8. The quantitative estimate of drug-likeness (QED) is 0.731. The largest absolute Gasteiger partial charge is 0.337 e. The first-order valence-electron chi connectivity index (χ1n) is 10.2. The van der Waals surface area contributed by atoms with Gasteiger partial charge in [-0.1, -0.05) is 36.4 Å². The van der Waals surface area contributed by atoms with E-state index in [1.165, 1.54) is 32.8 Å². The fourth-order valence-corrected chi connectivity index (χ4v) is 5.46. The maximum atomic E-state index is 12.8. The Bertz CT molecular complexity index is 1120. The summed E-state index contributed by atoms with van der Waals surface area (Å²) in [5, 5.41) is 0. The zero-order valence-corrected chi connectivity index (χ0v) is 17.6. The molecular formula is C22H25N3O4S. The van der Waals surface area contributed by atoms with E-state index in [1.54, 1.807) is 4.90 Å². The first kappa shape index (κ1) is 20.6. The predicted octanol–water partition coefficient (Wildman–Crippen LogP) is 1.95. The van der Waals surface area contributed by atoms with E-state index in [2.05, 4.69) is 12.1 Å². The molecule has 7 nitrogen and oxygen atoms in total. The van der Waals surface area contributed by atoms with Gasteiger partial charge in [-0.2, -0.15) is 4.31 Å². The molecule has 0 atom stereocenters. The number of rotatable bonds is 5. The number of amides is 1. The highest BCUT2D eigenvalue weighted by Gasteiger charge is 2.28. The van der Waals surface area contributed by atoms with E-state index in [1.807, 2.05) is 24.3 Å². The Balaban J connectivity index is 1.47. The molecule has 2 aliphatic rings. The van der Waals surface area contributed by atoms with Gasteiger partial charge in [-0.3, -0.25) is 9.59 Å². The number of hydrogen-bond donors (Lipinski definition) is 0. The third-order valence-electron chi connectivity index (χ3n) is 5.67. The molecule has 0 radical (unpaired) electrons. The van der Waals surface area contributed by atoms with E-state index in [4.69, 9.17) is 0 Å². The molecule has 0 aliphatic carbocycles. The smallest absolute Gasteiger partial charge is 0.251 e. The number of pyridine rings is 1. The molecule has 0 saturated carbocycles. The molecule has 0 bridgehead atoms. The van der Waals surface area contributed by atoms with Crippen LogP contribution < -0.4 is 5.56 Å². The fraction of sp³-hybridized carbons (Fsp3) is 0.364. The van der Waals surface area contributed by atoms with Gasteiger partial charge in [0.05, 0.1) is 4.90 Å². The van der Waals surface area contributed by atoms with Gasteiger partial charge in [0.2, 0.25) is 15.9 Å². The van der Waals surface area contributed by atoms with Crippen LogP contribution in [0.2, 0.25) is 0 Å². The molecule has 2 aromatic rings. The van der Waals surface area contributed by atoms with Crippen molar-refractivity contribution >= 4 is 21.5 Å². The number of sulfonamides is 1. The second kappa shape index (κ2) is 8.57. The molecule has 158 valence electrons. The lowest BCUT2D eigenvalue weighted by molar-refractivity contribution is -0.131. The molecule has 8 heteroatoms. The monoisotopic (exact) mass is 427 g/mol. The molecule has 2 aliphatic heterocycles. The van der Waals surface area contributed by atoms with Gasteiger partial charge in [0.25, 0.3) is 5.56 Å². The lowest BCUT2D eigenvalue weighted by atomic mass is 9.99. The fourth-order valence-electron chi connectivity index (χ4n) is 3.92. The van der Waals surface area contributed by atoms with Gasteiger partial charge in [0.15, 0.2) is 0 Å². The van der Waals surface area contributed by atoms with Crippen LogP contribution in [0.1, 0.15) is 24.8 Å². The molecule has 0 unspecified atom stereocenters. The summed E-state index contributed by atoms with van der Waals surface area (Å²) in [4.78, 5) is 26.8. The summed E-state index contributed by atoms with van der Waals surface area (Å²) in [5.74, 6) is -0.198. The van der Waals surface area contributed by atoms with Gasteiger partial charge < -0.3 is 9.47 Å². The molecule has 1 saturated heterocycles. The highest BCUT2D eigenvalue weighted by Crippen LogP contribution is 2.22. The van der Waals surface area contributed by atoms with Crippen molar-refractivity contribution < 1.29 is 13.2 Å². The Morgan fingerprint density at radius 2 is 1.70 bits per heavy atom. The van der Waals surface area contributed by atoms with Crippen LogP contribution in [-0.4, -0.2) is 54.3 Å². The number of aromatic nitrogens is 1. The minimum Gasteiger partial charge on any atom is -0.337 e. The standard InChI is InChI=1S/C22H25N3O4S/c26-21-9-8-20(30(28,29)25-12-4-5-13-25)16-24(21)17-22(27)23-14-10-19(11-15-23)18-6-2-1-3-7-18/h1-3,6-10,16H,4-5,11-15,17H2. The van der Waals surface area contributed by atoms with Gasteiger partial charge in [-0.15, -0.1) is 0 Å². The van der Waals surface area contributed by atoms with Crippen molar-refractivity contribution in [1.29, 1.82) is 0 Å². The molecule has 1 aromatic heterocycles.